The maximum atomic E-state index is 13.7. The van der Waals surface area contributed by atoms with Crippen LogP contribution in [0, 0.1) is 0 Å². The third-order valence-electron chi connectivity index (χ3n) is 7.96. The fourth-order valence-electron chi connectivity index (χ4n) is 5.80. The van der Waals surface area contributed by atoms with Crippen molar-refractivity contribution in [3.05, 3.63) is 65.0 Å². The van der Waals surface area contributed by atoms with Gasteiger partial charge in [0.25, 0.3) is 5.91 Å². The molecule has 4 heterocycles. The van der Waals surface area contributed by atoms with Gasteiger partial charge >= 0.3 is 11.9 Å². The van der Waals surface area contributed by atoms with Gasteiger partial charge in [-0.2, -0.15) is 0 Å². The van der Waals surface area contributed by atoms with E-state index in [0.717, 1.165) is 0 Å². The number of aliphatic carboxylic acids is 1. The molecule has 4 aromatic rings. The highest BCUT2D eigenvalue weighted by Gasteiger charge is 2.39. The van der Waals surface area contributed by atoms with Crippen molar-refractivity contribution < 1.29 is 44.3 Å². The fraction of sp³-hybridized carbons (Fsp3) is 0.333. The van der Waals surface area contributed by atoms with E-state index in [0.29, 0.717) is 11.1 Å². The van der Waals surface area contributed by atoms with E-state index in [1.807, 2.05) is 0 Å². The molecule has 15 nitrogen and oxygen atoms in total. The van der Waals surface area contributed by atoms with Crippen molar-refractivity contribution in [1.29, 1.82) is 0 Å². The van der Waals surface area contributed by atoms with Crippen LogP contribution in [0.1, 0.15) is 51.4 Å². The number of imidazole rings is 1. The number of carbonyl (C=O) groups excluding carboxylic acids is 2. The number of aromatic hydroxyl groups is 1. The Hall–Kier alpha value is -5.12. The summed E-state index contributed by atoms with van der Waals surface area (Å²) in [5.41, 5.74) is 7.05. The number of aliphatic hydroxyl groups is 2. The van der Waals surface area contributed by atoms with Crippen LogP contribution in [0.4, 0.5) is 5.82 Å². The maximum Gasteiger partial charge on any atom is 0.342 e. The van der Waals surface area contributed by atoms with E-state index >= 15 is 0 Å². The molecule has 6 rings (SSSR count). The van der Waals surface area contributed by atoms with E-state index in [9.17, 15) is 34.8 Å². The van der Waals surface area contributed by atoms with Gasteiger partial charge in [0.05, 0.1) is 18.3 Å². The number of phenols is 1. The van der Waals surface area contributed by atoms with E-state index in [4.69, 9.17) is 15.2 Å². The number of esters is 1. The molecule has 2 aliphatic heterocycles. The van der Waals surface area contributed by atoms with Crippen molar-refractivity contribution in [2.45, 2.75) is 56.8 Å². The van der Waals surface area contributed by atoms with Crippen LogP contribution >= 0.6 is 0 Å². The predicted octanol–water partition coefficient (Wildman–Crippen LogP) is 0.949. The van der Waals surface area contributed by atoms with Crippen molar-refractivity contribution in [1.82, 2.24) is 24.8 Å². The number of phenolic OH excluding ortho intramolecular Hbond substituents is 1. The number of hydrogen-bond donors (Lipinski definition) is 6. The van der Waals surface area contributed by atoms with Crippen LogP contribution in [0.2, 0.25) is 0 Å². The van der Waals surface area contributed by atoms with Crippen LogP contribution in [0.15, 0.2) is 42.7 Å². The van der Waals surface area contributed by atoms with E-state index in [2.05, 4.69) is 20.3 Å². The second-order valence-corrected chi connectivity index (χ2v) is 11.0. The molecule has 2 aromatic carbocycles. The minimum atomic E-state index is -1.37. The van der Waals surface area contributed by atoms with Gasteiger partial charge in [0.2, 0.25) is 0 Å². The van der Waals surface area contributed by atoms with Crippen molar-refractivity contribution in [3.63, 3.8) is 0 Å². The first-order valence-electron chi connectivity index (χ1n) is 14.2. The largest absolute Gasteiger partial charge is 0.506 e. The summed E-state index contributed by atoms with van der Waals surface area (Å²) in [4.78, 5) is 52.0. The van der Waals surface area contributed by atoms with Crippen LogP contribution in [0.25, 0.3) is 22.6 Å². The van der Waals surface area contributed by atoms with Crippen molar-refractivity contribution >= 4 is 34.8 Å². The number of aliphatic hydroxyl groups excluding tert-OH is 2. The molecule has 0 spiro atoms. The summed E-state index contributed by atoms with van der Waals surface area (Å²) >= 11 is 0. The van der Waals surface area contributed by atoms with Gasteiger partial charge in [-0.05, 0) is 24.1 Å². The van der Waals surface area contributed by atoms with Crippen LogP contribution in [0.3, 0.4) is 0 Å². The van der Waals surface area contributed by atoms with Gasteiger partial charge in [-0.15, -0.1) is 0 Å². The van der Waals surface area contributed by atoms with Crippen LogP contribution in [-0.2, 0) is 27.1 Å². The molecule has 2 aliphatic rings. The van der Waals surface area contributed by atoms with E-state index in [1.54, 1.807) is 37.3 Å². The number of amides is 1. The zero-order chi connectivity index (χ0) is 32.0. The molecule has 2 aromatic heterocycles. The molecule has 1 fully saturated rings. The topological polar surface area (TPSA) is 232 Å². The van der Waals surface area contributed by atoms with Gasteiger partial charge in [-0.25, -0.2) is 24.5 Å². The summed E-state index contributed by atoms with van der Waals surface area (Å²) < 4.78 is 12.9. The number of ether oxygens (including phenoxy) is 2. The van der Waals surface area contributed by atoms with E-state index in [1.165, 1.54) is 17.0 Å². The Kier molecular flexibility index (Phi) is 7.82. The Bertz CT molecular complexity index is 1810. The number of nitrogens with one attached hydrogen (secondary N) is 1. The SMILES string of the molecule is C[C@@H]1Cc2c(-c3nc4c(N)ncnc4n3[C@H]3C[C@H](O)[C@@H](CO)O3)cc(C(=O)N[C@@H](Cc3ccccc3)C(=O)O)c(O)c2C(=O)O1. The average Bonchev–Trinajstić information content (AvgIpc) is 3.57. The molecule has 15 heteroatoms. The number of nitrogen functional groups attached to an aromatic ring is 1. The number of carboxylic acid groups (broad SMARTS) is 1. The molecule has 1 saturated heterocycles. The number of aromatic nitrogens is 4. The number of cyclic esters (lactones) is 1. The fourth-order valence-corrected chi connectivity index (χ4v) is 5.80. The van der Waals surface area contributed by atoms with Gasteiger partial charge in [0.1, 0.15) is 47.9 Å². The third kappa shape index (κ3) is 5.41. The second-order valence-electron chi connectivity index (χ2n) is 11.0. The highest BCUT2D eigenvalue weighted by Crippen LogP contribution is 2.42. The van der Waals surface area contributed by atoms with E-state index in [-0.39, 0.29) is 53.2 Å². The van der Waals surface area contributed by atoms with E-state index < -0.39 is 66.3 Å². The summed E-state index contributed by atoms with van der Waals surface area (Å²) in [5, 5.41) is 43.9. The third-order valence-corrected chi connectivity index (χ3v) is 7.96. The Morgan fingerprint density at radius 3 is 2.67 bits per heavy atom. The van der Waals surface area contributed by atoms with Crippen LogP contribution in [0.5, 0.6) is 5.75 Å². The maximum absolute atomic E-state index is 13.7. The van der Waals surface area contributed by atoms with Gasteiger partial charge < -0.3 is 41.0 Å². The number of hydrogen-bond acceptors (Lipinski definition) is 12. The standard InChI is InChI=1S/C30H30N6O9/c1-13-7-15-16(26-35-23-25(31)32-12-33-27(23)36(26)21-10-19(38)20(11-37)45-21)9-17(24(39)22(15)30(43)44-13)28(40)34-18(29(41)42)8-14-5-3-2-4-6-14/h2-6,9,12-13,18-21,37-39H,7-8,10-11H2,1H3,(H,34,40)(H,41,42)(H2,31,32,33)/t13-,18+,19+,20-,21-/m1/s1. The number of anilines is 1. The number of benzene rings is 2. The highest BCUT2D eigenvalue weighted by molar-refractivity contribution is 6.06. The van der Waals surface area contributed by atoms with Crippen molar-refractivity contribution in [2.24, 2.45) is 0 Å². The Morgan fingerprint density at radius 1 is 1.22 bits per heavy atom. The smallest absolute Gasteiger partial charge is 0.342 e. The summed E-state index contributed by atoms with van der Waals surface area (Å²) in [6, 6.07) is 8.64. The molecular formula is C30H30N6O9. The number of nitrogens with zero attached hydrogens (tertiary/aromatic N) is 4. The molecule has 5 atom stereocenters. The first-order valence-corrected chi connectivity index (χ1v) is 14.2. The Balaban J connectivity index is 1.52. The zero-order valence-corrected chi connectivity index (χ0v) is 24.0. The molecule has 45 heavy (non-hydrogen) atoms. The number of nitrogens with two attached hydrogens (primary N) is 1. The normalized spacial score (nSPS) is 21.7. The lowest BCUT2D eigenvalue weighted by molar-refractivity contribution is -0.139. The first-order chi connectivity index (χ1) is 21.6. The molecular weight excluding hydrogens is 588 g/mol. The molecule has 234 valence electrons. The lowest BCUT2D eigenvalue weighted by Gasteiger charge is -2.27. The van der Waals surface area contributed by atoms with Gasteiger partial charge in [-0.3, -0.25) is 9.36 Å². The molecule has 1 amide bonds. The number of fused-ring (bicyclic) bond motifs is 2. The lowest BCUT2D eigenvalue weighted by Crippen LogP contribution is -2.42. The number of carbonyl (C=O) groups is 3. The summed E-state index contributed by atoms with van der Waals surface area (Å²) in [7, 11) is 0. The minimum absolute atomic E-state index is 0.0286. The quantitative estimate of drug-likeness (QED) is 0.151. The Morgan fingerprint density at radius 2 is 1.98 bits per heavy atom. The monoisotopic (exact) mass is 618 g/mol. The molecule has 0 saturated carbocycles. The molecule has 7 N–H and O–H groups in total. The van der Waals surface area contributed by atoms with Crippen LogP contribution < -0.4 is 11.1 Å². The van der Waals surface area contributed by atoms with Gasteiger partial charge in [0, 0.05) is 24.8 Å². The predicted molar refractivity (Wildman–Crippen MR) is 156 cm³/mol. The summed E-state index contributed by atoms with van der Waals surface area (Å²) in [6.45, 7) is 1.21. The lowest BCUT2D eigenvalue weighted by atomic mass is 9.89. The minimum Gasteiger partial charge on any atom is -0.506 e. The number of carboxylic acids is 1. The second kappa shape index (κ2) is 11.8. The summed E-state index contributed by atoms with van der Waals surface area (Å²) in [6.07, 6.45) is -2.07. The molecule has 0 bridgehead atoms. The number of rotatable bonds is 8. The first kappa shape index (κ1) is 29.9. The summed E-state index contributed by atoms with van der Waals surface area (Å²) in [5.74, 6) is -3.67. The van der Waals surface area contributed by atoms with Gasteiger partial charge in [-0.1, -0.05) is 30.3 Å². The molecule has 0 radical (unpaired) electrons. The molecule has 0 unspecified atom stereocenters. The zero-order valence-electron chi connectivity index (χ0n) is 24.0. The van der Waals surface area contributed by atoms with Crippen molar-refractivity contribution in [2.75, 3.05) is 12.3 Å². The van der Waals surface area contributed by atoms with Crippen LogP contribution in [-0.4, -0.2) is 88.8 Å². The molecule has 0 aliphatic carbocycles. The Labute approximate surface area is 255 Å². The van der Waals surface area contributed by atoms with Gasteiger partial charge in [0.15, 0.2) is 17.0 Å². The average molecular weight is 619 g/mol. The van der Waals surface area contributed by atoms with Crippen molar-refractivity contribution in [3.8, 4) is 17.1 Å². The highest BCUT2D eigenvalue weighted by atomic mass is 16.5.